The van der Waals surface area contributed by atoms with E-state index in [1.807, 2.05) is 24.1 Å². The second kappa shape index (κ2) is 9.03. The number of ether oxygens (including phenoxy) is 2. The summed E-state index contributed by atoms with van der Waals surface area (Å²) in [7, 11) is 3.47. The first-order chi connectivity index (χ1) is 15.0. The van der Waals surface area contributed by atoms with Crippen molar-refractivity contribution in [3.8, 4) is 5.75 Å². The minimum Gasteiger partial charge on any atom is -0.495 e. The monoisotopic (exact) mass is 464 g/mol. The van der Waals surface area contributed by atoms with Crippen LogP contribution in [0.3, 0.4) is 0 Å². The average molecular weight is 465 g/mol. The van der Waals surface area contributed by atoms with Gasteiger partial charge >= 0.3 is 6.09 Å². The van der Waals surface area contributed by atoms with Gasteiger partial charge in [-0.25, -0.2) is 4.79 Å². The summed E-state index contributed by atoms with van der Waals surface area (Å²) in [5, 5.41) is 6.89. The van der Waals surface area contributed by atoms with Gasteiger partial charge in [-0.1, -0.05) is 16.8 Å². The van der Waals surface area contributed by atoms with Crippen LogP contribution in [0.5, 0.6) is 5.75 Å². The molecule has 1 N–H and O–H groups in total. The van der Waals surface area contributed by atoms with Crippen LogP contribution in [0.15, 0.2) is 35.5 Å². The summed E-state index contributed by atoms with van der Waals surface area (Å²) in [5.41, 5.74) is 1.39. The number of methoxy groups -OCH3 is 1. The molecule has 3 heterocycles. The van der Waals surface area contributed by atoms with E-state index in [0.29, 0.717) is 33.1 Å². The molecular weight excluding hydrogens is 444 g/mol. The Morgan fingerprint density at radius 3 is 2.94 bits per heavy atom. The van der Waals surface area contributed by atoms with Crippen molar-refractivity contribution in [2.45, 2.75) is 6.10 Å². The van der Waals surface area contributed by atoms with Gasteiger partial charge in [0.25, 0.3) is 5.91 Å². The normalized spacial score (nSPS) is 18.4. The molecule has 2 aliphatic rings. The van der Waals surface area contributed by atoms with Crippen LogP contribution in [0.25, 0.3) is 0 Å². The van der Waals surface area contributed by atoms with Gasteiger partial charge in [0, 0.05) is 12.6 Å². The Balaban J connectivity index is 1.45. The van der Waals surface area contributed by atoms with Crippen molar-refractivity contribution in [3.63, 3.8) is 0 Å². The number of halogens is 1. The van der Waals surface area contributed by atoms with E-state index >= 15 is 0 Å². The molecule has 1 aromatic carbocycles. The topological polar surface area (TPSA) is 92.7 Å². The van der Waals surface area contributed by atoms with Gasteiger partial charge in [-0.15, -0.1) is 11.3 Å². The molecule has 2 aromatic rings. The van der Waals surface area contributed by atoms with E-state index < -0.39 is 12.2 Å². The van der Waals surface area contributed by atoms with E-state index in [4.69, 9.17) is 25.9 Å². The number of amidine groups is 1. The number of rotatable bonds is 6. The van der Waals surface area contributed by atoms with Crippen LogP contribution in [-0.4, -0.2) is 69.2 Å². The fourth-order valence-corrected chi connectivity index (χ4v) is 4.29. The lowest BCUT2D eigenvalue weighted by Crippen LogP contribution is -2.35. The van der Waals surface area contributed by atoms with Gasteiger partial charge in [-0.3, -0.25) is 9.69 Å². The Bertz CT molecular complexity index is 1030. The molecule has 1 atom stereocenters. The molecule has 0 spiro atoms. The lowest BCUT2D eigenvalue weighted by molar-refractivity contribution is 0.0920. The molecular formula is C20H21ClN4O5S. The van der Waals surface area contributed by atoms with Gasteiger partial charge in [0.1, 0.15) is 18.5 Å². The molecule has 0 saturated carbocycles. The predicted octanol–water partition coefficient (Wildman–Crippen LogP) is 2.79. The fourth-order valence-electron chi connectivity index (χ4n) is 3.33. The highest BCUT2D eigenvalue weighted by molar-refractivity contribution is 7.18. The number of cyclic esters (lactones) is 1. The number of thiophene rings is 1. The highest BCUT2D eigenvalue weighted by Crippen LogP contribution is 2.33. The van der Waals surface area contributed by atoms with Crippen molar-refractivity contribution < 1.29 is 23.9 Å². The number of anilines is 1. The molecule has 0 radical (unpaired) electrons. The standard InChI is InChI=1S/C20H21ClN4O5S/c1-24-7-8-29-23-18(24)12-3-4-14(15(9-12)28-2)25-11-13(30-20(25)27)10-22-19(26)16-5-6-17(21)31-16/h3-6,9,13H,7-8,10-11H2,1-2H3,(H,22,26). The zero-order chi connectivity index (χ0) is 22.0. The summed E-state index contributed by atoms with van der Waals surface area (Å²) in [5.74, 6) is 0.941. The van der Waals surface area contributed by atoms with Gasteiger partial charge < -0.3 is 24.5 Å². The first-order valence-electron chi connectivity index (χ1n) is 9.57. The number of nitrogens with zero attached hydrogens (tertiary/aromatic N) is 3. The van der Waals surface area contributed by atoms with Crippen molar-refractivity contribution >= 4 is 46.5 Å². The Hall–Kier alpha value is -2.98. The van der Waals surface area contributed by atoms with Crippen molar-refractivity contribution in [3.05, 3.63) is 45.1 Å². The minimum atomic E-state index is -0.500. The molecule has 164 valence electrons. The number of oxime groups is 1. The van der Waals surface area contributed by atoms with Crippen LogP contribution in [0.1, 0.15) is 15.2 Å². The van der Waals surface area contributed by atoms with E-state index in [-0.39, 0.29) is 19.0 Å². The number of carbonyl (C=O) groups excluding carboxylic acids is 2. The first-order valence-corrected chi connectivity index (χ1v) is 10.8. The molecule has 1 unspecified atom stereocenters. The number of likely N-dealkylation sites (N-methyl/N-ethyl adjacent to an activating group) is 1. The minimum absolute atomic E-state index is 0.190. The molecule has 1 fully saturated rings. The molecule has 0 bridgehead atoms. The Kier molecular flexibility index (Phi) is 6.19. The first kappa shape index (κ1) is 21.3. The lowest BCUT2D eigenvalue weighted by Gasteiger charge is -2.25. The van der Waals surface area contributed by atoms with Crippen LogP contribution in [-0.2, 0) is 9.57 Å². The predicted molar refractivity (Wildman–Crippen MR) is 117 cm³/mol. The number of hydrogen-bond acceptors (Lipinski definition) is 8. The maximum Gasteiger partial charge on any atom is 0.414 e. The van der Waals surface area contributed by atoms with E-state index in [1.54, 1.807) is 18.2 Å². The van der Waals surface area contributed by atoms with Crippen LogP contribution >= 0.6 is 22.9 Å². The van der Waals surface area contributed by atoms with Gasteiger partial charge in [0.15, 0.2) is 5.84 Å². The largest absolute Gasteiger partial charge is 0.495 e. The van der Waals surface area contributed by atoms with Crippen molar-refractivity contribution in [1.29, 1.82) is 0 Å². The summed E-state index contributed by atoms with van der Waals surface area (Å²) in [6, 6.07) is 8.76. The van der Waals surface area contributed by atoms with E-state index in [1.165, 1.54) is 23.3 Å². The smallest absolute Gasteiger partial charge is 0.414 e. The number of carbonyl (C=O) groups is 2. The number of hydrogen-bond donors (Lipinski definition) is 1. The third-order valence-electron chi connectivity index (χ3n) is 4.92. The second-order valence-electron chi connectivity index (χ2n) is 6.99. The highest BCUT2D eigenvalue weighted by atomic mass is 35.5. The SMILES string of the molecule is COc1cc(C2=NOCCN2C)ccc1N1CC(CNC(=O)c2ccc(Cl)s2)OC1=O. The van der Waals surface area contributed by atoms with Crippen LogP contribution in [0.4, 0.5) is 10.5 Å². The molecule has 2 aliphatic heterocycles. The maximum atomic E-state index is 12.5. The maximum absolute atomic E-state index is 12.5. The van der Waals surface area contributed by atoms with Gasteiger partial charge in [-0.05, 0) is 30.3 Å². The van der Waals surface area contributed by atoms with Crippen molar-refractivity contribution in [2.24, 2.45) is 5.16 Å². The van der Waals surface area contributed by atoms with Crippen molar-refractivity contribution in [1.82, 2.24) is 10.2 Å². The molecule has 2 amide bonds. The highest BCUT2D eigenvalue weighted by Gasteiger charge is 2.34. The zero-order valence-electron chi connectivity index (χ0n) is 17.0. The summed E-state index contributed by atoms with van der Waals surface area (Å²) in [6.45, 7) is 1.73. The van der Waals surface area contributed by atoms with E-state index in [0.717, 1.165) is 12.1 Å². The molecule has 4 rings (SSSR count). The fraction of sp³-hybridized carbons (Fsp3) is 0.350. The quantitative estimate of drug-likeness (QED) is 0.706. The van der Waals surface area contributed by atoms with Gasteiger partial charge in [0.2, 0.25) is 0 Å². The average Bonchev–Trinajstić information content (AvgIpc) is 3.37. The number of nitrogens with one attached hydrogen (secondary N) is 1. The Morgan fingerprint density at radius 2 is 2.23 bits per heavy atom. The van der Waals surface area contributed by atoms with E-state index in [2.05, 4.69) is 10.5 Å². The van der Waals surface area contributed by atoms with Crippen LogP contribution < -0.4 is 15.0 Å². The lowest BCUT2D eigenvalue weighted by atomic mass is 10.1. The number of benzene rings is 1. The Morgan fingerprint density at radius 1 is 1.39 bits per heavy atom. The molecule has 1 aromatic heterocycles. The molecule has 0 aliphatic carbocycles. The number of amides is 2. The third-order valence-corrected chi connectivity index (χ3v) is 6.15. The summed E-state index contributed by atoms with van der Waals surface area (Å²) in [6.07, 6.45) is -0.988. The Labute approximate surface area is 188 Å². The summed E-state index contributed by atoms with van der Waals surface area (Å²) in [4.78, 5) is 33.9. The molecule has 31 heavy (non-hydrogen) atoms. The van der Waals surface area contributed by atoms with Crippen molar-refractivity contribution in [2.75, 3.05) is 45.3 Å². The summed E-state index contributed by atoms with van der Waals surface area (Å²) >= 11 is 7.06. The zero-order valence-corrected chi connectivity index (χ0v) is 18.5. The van der Waals surface area contributed by atoms with Crippen LogP contribution in [0.2, 0.25) is 4.34 Å². The van der Waals surface area contributed by atoms with Crippen LogP contribution in [0, 0.1) is 0 Å². The van der Waals surface area contributed by atoms with Gasteiger partial charge in [0.05, 0.1) is 41.6 Å². The second-order valence-corrected chi connectivity index (χ2v) is 8.70. The molecule has 9 nitrogen and oxygen atoms in total. The molecule has 1 saturated heterocycles. The third kappa shape index (κ3) is 4.54. The molecule has 11 heteroatoms. The van der Waals surface area contributed by atoms with E-state index in [9.17, 15) is 9.59 Å². The van der Waals surface area contributed by atoms with Gasteiger partial charge in [-0.2, -0.15) is 0 Å². The summed E-state index contributed by atoms with van der Waals surface area (Å²) < 4.78 is 11.5.